The van der Waals surface area contributed by atoms with Crippen LogP contribution in [0.4, 0.5) is 0 Å². The molecule has 1 heterocycles. The molecule has 0 bridgehead atoms. The molecule has 0 aliphatic rings. The van der Waals surface area contributed by atoms with Crippen LogP contribution >= 0.6 is 27.7 Å². The molecule has 0 saturated heterocycles. The molecular formula is C22H17BrN2O2S. The van der Waals surface area contributed by atoms with Crippen molar-refractivity contribution in [1.82, 2.24) is 9.55 Å². The van der Waals surface area contributed by atoms with Gasteiger partial charge in [-0.25, -0.2) is 4.98 Å². The fraction of sp³-hybridized carbons (Fsp3) is 0.0909. The predicted octanol–water partition coefficient (Wildman–Crippen LogP) is 5.45. The van der Waals surface area contributed by atoms with Crippen LogP contribution in [0.2, 0.25) is 0 Å². The Morgan fingerprint density at radius 2 is 1.71 bits per heavy atom. The summed E-state index contributed by atoms with van der Waals surface area (Å²) < 4.78 is 7.86. The first-order valence-corrected chi connectivity index (χ1v) is 10.5. The van der Waals surface area contributed by atoms with Gasteiger partial charge in [0.15, 0.2) is 5.16 Å². The third-order valence-corrected chi connectivity index (χ3v) is 5.90. The first kappa shape index (κ1) is 18.8. The molecule has 0 unspecified atom stereocenters. The van der Waals surface area contributed by atoms with Crippen LogP contribution in [0, 0.1) is 0 Å². The number of rotatable bonds is 5. The molecular weight excluding hydrogens is 436 g/mol. The molecule has 0 saturated carbocycles. The van der Waals surface area contributed by atoms with Gasteiger partial charge in [0, 0.05) is 10.2 Å². The van der Waals surface area contributed by atoms with Gasteiger partial charge in [0.25, 0.3) is 5.56 Å². The van der Waals surface area contributed by atoms with Crippen LogP contribution < -0.4 is 10.3 Å². The largest absolute Gasteiger partial charge is 0.497 e. The highest BCUT2D eigenvalue weighted by molar-refractivity contribution is 9.10. The average Bonchev–Trinajstić information content (AvgIpc) is 2.74. The van der Waals surface area contributed by atoms with E-state index in [4.69, 9.17) is 9.72 Å². The Hall–Kier alpha value is -2.57. The van der Waals surface area contributed by atoms with Crippen LogP contribution in [0.3, 0.4) is 0 Å². The maximum Gasteiger partial charge on any atom is 0.266 e. The molecule has 0 fully saturated rings. The van der Waals surface area contributed by atoms with E-state index in [0.29, 0.717) is 21.8 Å². The molecule has 140 valence electrons. The van der Waals surface area contributed by atoms with Crippen LogP contribution in [-0.2, 0) is 5.75 Å². The van der Waals surface area contributed by atoms with E-state index in [1.54, 1.807) is 23.4 Å². The Morgan fingerprint density at radius 3 is 2.43 bits per heavy atom. The van der Waals surface area contributed by atoms with Crippen molar-refractivity contribution in [3.05, 3.63) is 93.2 Å². The van der Waals surface area contributed by atoms with Crippen molar-refractivity contribution in [2.75, 3.05) is 7.11 Å². The Labute approximate surface area is 175 Å². The third-order valence-electron chi connectivity index (χ3n) is 4.36. The summed E-state index contributed by atoms with van der Waals surface area (Å²) in [7, 11) is 1.65. The number of nitrogens with zero attached hydrogens (tertiary/aromatic N) is 2. The Kier molecular flexibility index (Phi) is 5.50. The van der Waals surface area contributed by atoms with E-state index in [1.165, 1.54) is 0 Å². The second-order valence-electron chi connectivity index (χ2n) is 6.17. The quantitative estimate of drug-likeness (QED) is 0.298. The number of para-hydroxylation sites is 1. The minimum atomic E-state index is -0.0647. The van der Waals surface area contributed by atoms with Gasteiger partial charge in [0.2, 0.25) is 0 Å². The number of hydrogen-bond acceptors (Lipinski definition) is 4. The number of halogens is 1. The van der Waals surface area contributed by atoms with E-state index in [1.807, 2.05) is 72.8 Å². The van der Waals surface area contributed by atoms with E-state index >= 15 is 0 Å². The zero-order chi connectivity index (χ0) is 19.5. The summed E-state index contributed by atoms with van der Waals surface area (Å²) in [4.78, 5) is 18.0. The van der Waals surface area contributed by atoms with Gasteiger partial charge in [-0.05, 0) is 54.1 Å². The monoisotopic (exact) mass is 452 g/mol. The fourth-order valence-electron chi connectivity index (χ4n) is 2.90. The SMILES string of the molecule is COc1ccc(CSc2nc3ccccc3c(=O)n2-c2ccc(Br)cc2)cc1. The normalized spacial score (nSPS) is 10.9. The van der Waals surface area contributed by atoms with Gasteiger partial charge in [-0.15, -0.1) is 0 Å². The summed E-state index contributed by atoms with van der Waals surface area (Å²) in [5.74, 6) is 1.52. The molecule has 4 aromatic rings. The Bertz CT molecular complexity index is 1170. The second-order valence-corrected chi connectivity index (χ2v) is 8.02. The molecule has 4 nitrogen and oxygen atoms in total. The number of ether oxygens (including phenoxy) is 1. The van der Waals surface area contributed by atoms with Crippen molar-refractivity contribution < 1.29 is 4.74 Å². The summed E-state index contributed by atoms with van der Waals surface area (Å²) in [6, 6.07) is 23.1. The van der Waals surface area contributed by atoms with Gasteiger partial charge in [-0.3, -0.25) is 9.36 Å². The number of aromatic nitrogens is 2. The van der Waals surface area contributed by atoms with Crippen LogP contribution in [0.25, 0.3) is 16.6 Å². The van der Waals surface area contributed by atoms with E-state index in [-0.39, 0.29) is 5.56 Å². The zero-order valence-corrected chi connectivity index (χ0v) is 17.5. The van der Waals surface area contributed by atoms with Crippen molar-refractivity contribution in [1.29, 1.82) is 0 Å². The van der Waals surface area contributed by atoms with Gasteiger partial charge in [0.05, 0.1) is 23.7 Å². The van der Waals surface area contributed by atoms with Crippen LogP contribution in [0.15, 0.2) is 87.2 Å². The Morgan fingerprint density at radius 1 is 1.00 bits per heavy atom. The minimum absolute atomic E-state index is 0.0647. The lowest BCUT2D eigenvalue weighted by Crippen LogP contribution is -2.21. The zero-order valence-electron chi connectivity index (χ0n) is 15.1. The molecule has 0 N–H and O–H groups in total. The van der Waals surface area contributed by atoms with Crippen molar-refractivity contribution in [2.45, 2.75) is 10.9 Å². The number of thioether (sulfide) groups is 1. The summed E-state index contributed by atoms with van der Waals surface area (Å²) in [6.07, 6.45) is 0. The van der Waals surface area contributed by atoms with Crippen molar-refractivity contribution >= 4 is 38.6 Å². The third kappa shape index (κ3) is 3.84. The van der Waals surface area contributed by atoms with E-state index in [9.17, 15) is 4.79 Å². The first-order valence-electron chi connectivity index (χ1n) is 8.69. The molecule has 0 amide bonds. The summed E-state index contributed by atoms with van der Waals surface area (Å²) >= 11 is 4.99. The van der Waals surface area contributed by atoms with Gasteiger partial charge in [0.1, 0.15) is 5.75 Å². The minimum Gasteiger partial charge on any atom is -0.497 e. The van der Waals surface area contributed by atoms with Gasteiger partial charge >= 0.3 is 0 Å². The standard InChI is InChI=1S/C22H17BrN2O2S/c1-27-18-12-6-15(7-13-18)14-28-22-24-20-5-3-2-4-19(20)21(26)25(22)17-10-8-16(23)9-11-17/h2-13H,14H2,1H3. The fourth-order valence-corrected chi connectivity index (χ4v) is 4.13. The van der Waals surface area contributed by atoms with Crippen molar-refractivity contribution in [3.8, 4) is 11.4 Å². The first-order chi connectivity index (χ1) is 13.7. The lowest BCUT2D eigenvalue weighted by molar-refractivity contribution is 0.414. The highest BCUT2D eigenvalue weighted by Gasteiger charge is 2.13. The molecule has 3 aromatic carbocycles. The van der Waals surface area contributed by atoms with Crippen LogP contribution in [0.5, 0.6) is 5.75 Å². The molecule has 0 atom stereocenters. The lowest BCUT2D eigenvalue weighted by Gasteiger charge is -2.13. The molecule has 6 heteroatoms. The summed E-state index contributed by atoms with van der Waals surface area (Å²) in [5.41, 5.74) is 2.57. The number of methoxy groups -OCH3 is 1. The van der Waals surface area contributed by atoms with Gasteiger partial charge < -0.3 is 4.74 Å². The smallest absolute Gasteiger partial charge is 0.266 e. The maximum absolute atomic E-state index is 13.2. The van der Waals surface area contributed by atoms with Gasteiger partial charge in [-0.2, -0.15) is 0 Å². The topological polar surface area (TPSA) is 44.1 Å². The Balaban J connectivity index is 1.77. The summed E-state index contributed by atoms with van der Waals surface area (Å²) in [5, 5.41) is 1.28. The highest BCUT2D eigenvalue weighted by atomic mass is 79.9. The molecule has 0 aliphatic carbocycles. The second kappa shape index (κ2) is 8.20. The molecule has 1 aromatic heterocycles. The van der Waals surface area contributed by atoms with Crippen molar-refractivity contribution in [2.24, 2.45) is 0 Å². The van der Waals surface area contributed by atoms with E-state index < -0.39 is 0 Å². The number of hydrogen-bond donors (Lipinski definition) is 0. The van der Waals surface area contributed by atoms with Crippen LogP contribution in [-0.4, -0.2) is 16.7 Å². The number of fused-ring (bicyclic) bond motifs is 1. The van der Waals surface area contributed by atoms with Crippen LogP contribution in [0.1, 0.15) is 5.56 Å². The molecule has 0 radical (unpaired) electrons. The lowest BCUT2D eigenvalue weighted by atomic mass is 10.2. The average molecular weight is 453 g/mol. The molecule has 4 rings (SSSR count). The van der Waals surface area contributed by atoms with Crippen molar-refractivity contribution in [3.63, 3.8) is 0 Å². The number of benzene rings is 3. The van der Waals surface area contributed by atoms with E-state index in [0.717, 1.165) is 21.5 Å². The molecule has 28 heavy (non-hydrogen) atoms. The maximum atomic E-state index is 13.2. The predicted molar refractivity (Wildman–Crippen MR) is 118 cm³/mol. The summed E-state index contributed by atoms with van der Waals surface area (Å²) in [6.45, 7) is 0. The highest BCUT2D eigenvalue weighted by Crippen LogP contribution is 2.26. The van der Waals surface area contributed by atoms with Gasteiger partial charge in [-0.1, -0.05) is 52.0 Å². The van der Waals surface area contributed by atoms with E-state index in [2.05, 4.69) is 15.9 Å². The molecule has 0 spiro atoms. The molecule has 0 aliphatic heterocycles.